The van der Waals surface area contributed by atoms with E-state index in [2.05, 4.69) is 96.0 Å². The van der Waals surface area contributed by atoms with Gasteiger partial charge in [-0.1, -0.05) is 72.8 Å². The minimum atomic E-state index is 1.04. The van der Waals surface area contributed by atoms with Crippen molar-refractivity contribution in [2.45, 2.75) is 0 Å². The molecule has 0 radical (unpaired) electrons. The smallest absolute Gasteiger partial charge is 0.0708 e. The molecule has 0 unspecified atom stereocenters. The van der Waals surface area contributed by atoms with E-state index in [-0.39, 0.29) is 0 Å². The van der Waals surface area contributed by atoms with Crippen LogP contribution < -0.4 is 0 Å². The van der Waals surface area contributed by atoms with Gasteiger partial charge in [0.1, 0.15) is 0 Å². The second kappa shape index (κ2) is 5.90. The van der Waals surface area contributed by atoms with E-state index in [4.69, 9.17) is 0 Å². The first-order chi connectivity index (χ1) is 13.9. The lowest BCUT2D eigenvalue weighted by Crippen LogP contribution is -1.87. The molecule has 6 rings (SSSR count). The summed E-state index contributed by atoms with van der Waals surface area (Å²) in [4.78, 5) is 4.55. The zero-order valence-corrected chi connectivity index (χ0v) is 15.3. The Kier molecular flexibility index (Phi) is 3.24. The first kappa shape index (κ1) is 15.4. The van der Waals surface area contributed by atoms with Crippen LogP contribution in [0.25, 0.3) is 54.3 Å². The number of pyridine rings is 1. The van der Waals surface area contributed by atoms with Crippen LogP contribution >= 0.6 is 0 Å². The Bertz CT molecular complexity index is 1510. The van der Waals surface area contributed by atoms with Crippen molar-refractivity contribution in [2.24, 2.45) is 0 Å². The van der Waals surface area contributed by atoms with Crippen molar-refractivity contribution in [3.05, 3.63) is 103 Å². The molecule has 5 aromatic carbocycles. The van der Waals surface area contributed by atoms with Gasteiger partial charge in [0.15, 0.2) is 0 Å². The second-order valence-corrected chi connectivity index (χ2v) is 7.26. The highest BCUT2D eigenvalue weighted by atomic mass is 14.6. The van der Waals surface area contributed by atoms with Crippen molar-refractivity contribution in [2.75, 3.05) is 0 Å². The Balaban J connectivity index is 1.78. The van der Waals surface area contributed by atoms with Crippen LogP contribution in [0.15, 0.2) is 103 Å². The SMILES string of the molecule is c1ccc2cc(-c3cc4c5cccnc5ccc4c4ccccc34)ccc2c1. The molecule has 1 nitrogen and oxygen atoms in total. The van der Waals surface area contributed by atoms with E-state index in [1.807, 2.05) is 12.3 Å². The fraction of sp³-hybridized carbons (Fsp3) is 0. The summed E-state index contributed by atoms with van der Waals surface area (Å²) in [7, 11) is 0. The molecule has 0 saturated carbocycles. The fourth-order valence-corrected chi connectivity index (χ4v) is 4.34. The number of nitrogens with zero attached hydrogens (tertiary/aromatic N) is 1. The third kappa shape index (κ3) is 2.23. The third-order valence-corrected chi connectivity index (χ3v) is 5.68. The highest BCUT2D eigenvalue weighted by molar-refractivity contribution is 6.20. The molecule has 130 valence electrons. The van der Waals surface area contributed by atoms with E-state index in [1.165, 1.54) is 48.8 Å². The molecule has 0 atom stereocenters. The van der Waals surface area contributed by atoms with Gasteiger partial charge in [0, 0.05) is 11.6 Å². The zero-order chi connectivity index (χ0) is 18.5. The predicted molar refractivity (Wildman–Crippen MR) is 120 cm³/mol. The Hall–Kier alpha value is -3.71. The van der Waals surface area contributed by atoms with Crippen molar-refractivity contribution >= 4 is 43.2 Å². The quantitative estimate of drug-likeness (QED) is 0.281. The fourth-order valence-electron chi connectivity index (χ4n) is 4.34. The van der Waals surface area contributed by atoms with Gasteiger partial charge < -0.3 is 0 Å². The van der Waals surface area contributed by atoms with E-state index >= 15 is 0 Å². The summed E-state index contributed by atoms with van der Waals surface area (Å²) in [6.45, 7) is 0. The molecule has 0 saturated heterocycles. The molecule has 0 N–H and O–H groups in total. The van der Waals surface area contributed by atoms with Crippen molar-refractivity contribution in [1.82, 2.24) is 4.98 Å². The topological polar surface area (TPSA) is 12.9 Å². The number of hydrogen-bond acceptors (Lipinski definition) is 1. The van der Waals surface area contributed by atoms with Crippen LogP contribution in [0.3, 0.4) is 0 Å². The maximum atomic E-state index is 4.55. The van der Waals surface area contributed by atoms with E-state index in [9.17, 15) is 0 Å². The Morgan fingerprint density at radius 1 is 0.464 bits per heavy atom. The Morgan fingerprint density at radius 3 is 2.14 bits per heavy atom. The Morgan fingerprint density at radius 2 is 1.21 bits per heavy atom. The van der Waals surface area contributed by atoms with Gasteiger partial charge in [-0.3, -0.25) is 4.98 Å². The van der Waals surface area contributed by atoms with Gasteiger partial charge in [-0.2, -0.15) is 0 Å². The molecule has 0 aliphatic rings. The molecule has 6 aromatic rings. The van der Waals surface area contributed by atoms with Crippen LogP contribution in [-0.2, 0) is 0 Å². The predicted octanol–water partition coefficient (Wildman–Crippen LogP) is 7.36. The lowest BCUT2D eigenvalue weighted by molar-refractivity contribution is 1.42. The molecule has 0 bridgehead atoms. The summed E-state index contributed by atoms with van der Waals surface area (Å²) in [5.41, 5.74) is 3.55. The van der Waals surface area contributed by atoms with Gasteiger partial charge in [-0.25, -0.2) is 0 Å². The van der Waals surface area contributed by atoms with Crippen LogP contribution in [-0.4, -0.2) is 4.98 Å². The highest BCUT2D eigenvalue weighted by Crippen LogP contribution is 2.38. The van der Waals surface area contributed by atoms with Crippen molar-refractivity contribution in [3.8, 4) is 11.1 Å². The summed E-state index contributed by atoms with van der Waals surface area (Å²) < 4.78 is 0. The van der Waals surface area contributed by atoms with Gasteiger partial charge in [0.25, 0.3) is 0 Å². The number of rotatable bonds is 1. The summed E-state index contributed by atoms with van der Waals surface area (Å²) >= 11 is 0. The molecule has 0 aliphatic heterocycles. The van der Waals surface area contributed by atoms with Gasteiger partial charge in [0.05, 0.1) is 5.52 Å². The number of hydrogen-bond donors (Lipinski definition) is 0. The first-order valence-corrected chi connectivity index (χ1v) is 9.57. The minimum Gasteiger partial charge on any atom is -0.256 e. The lowest BCUT2D eigenvalue weighted by atomic mass is 9.91. The number of benzene rings is 5. The maximum absolute atomic E-state index is 4.55. The van der Waals surface area contributed by atoms with E-state index < -0.39 is 0 Å². The van der Waals surface area contributed by atoms with Gasteiger partial charge in [0.2, 0.25) is 0 Å². The molecule has 0 spiro atoms. The summed E-state index contributed by atoms with van der Waals surface area (Å²) in [5, 5.41) is 8.85. The Labute approximate surface area is 162 Å². The van der Waals surface area contributed by atoms with Crippen molar-refractivity contribution < 1.29 is 0 Å². The second-order valence-electron chi connectivity index (χ2n) is 7.26. The molecule has 1 heterocycles. The van der Waals surface area contributed by atoms with Crippen LogP contribution in [0.5, 0.6) is 0 Å². The molecule has 28 heavy (non-hydrogen) atoms. The first-order valence-electron chi connectivity index (χ1n) is 9.57. The van der Waals surface area contributed by atoms with Crippen LogP contribution in [0, 0.1) is 0 Å². The van der Waals surface area contributed by atoms with Crippen molar-refractivity contribution in [3.63, 3.8) is 0 Å². The van der Waals surface area contributed by atoms with Crippen LogP contribution in [0.1, 0.15) is 0 Å². The minimum absolute atomic E-state index is 1.04. The number of aromatic nitrogens is 1. The third-order valence-electron chi connectivity index (χ3n) is 5.68. The zero-order valence-electron chi connectivity index (χ0n) is 15.3. The monoisotopic (exact) mass is 355 g/mol. The van der Waals surface area contributed by atoms with E-state index in [0.717, 1.165) is 5.52 Å². The van der Waals surface area contributed by atoms with E-state index in [0.29, 0.717) is 0 Å². The molecule has 0 amide bonds. The standard InChI is InChI=1S/C27H17N/c1-2-7-19-16-20(12-11-18(19)6-1)25-17-26-23(21-8-3-4-9-22(21)25)13-14-27-24(26)10-5-15-28-27/h1-17H. The normalized spacial score (nSPS) is 11.6. The molecular formula is C27H17N. The summed E-state index contributed by atoms with van der Waals surface area (Å²) in [6.07, 6.45) is 1.86. The van der Waals surface area contributed by atoms with Crippen LogP contribution in [0.4, 0.5) is 0 Å². The largest absolute Gasteiger partial charge is 0.256 e. The molecule has 1 aromatic heterocycles. The van der Waals surface area contributed by atoms with Gasteiger partial charge in [-0.15, -0.1) is 0 Å². The molecule has 1 heteroatoms. The molecule has 0 aliphatic carbocycles. The average molecular weight is 355 g/mol. The lowest BCUT2D eigenvalue weighted by Gasteiger charge is -2.13. The summed E-state index contributed by atoms with van der Waals surface area (Å²) in [5.74, 6) is 0. The van der Waals surface area contributed by atoms with Gasteiger partial charge >= 0.3 is 0 Å². The van der Waals surface area contributed by atoms with Crippen LogP contribution in [0.2, 0.25) is 0 Å². The summed E-state index contributed by atoms with van der Waals surface area (Å²) in [6, 6.07) is 34.9. The molecular weight excluding hydrogens is 338 g/mol. The highest BCUT2D eigenvalue weighted by Gasteiger charge is 2.11. The number of fused-ring (bicyclic) bond motifs is 6. The average Bonchev–Trinajstić information content (AvgIpc) is 2.78. The van der Waals surface area contributed by atoms with Gasteiger partial charge in [-0.05, 0) is 67.7 Å². The molecule has 0 fully saturated rings. The van der Waals surface area contributed by atoms with E-state index in [1.54, 1.807) is 0 Å². The maximum Gasteiger partial charge on any atom is 0.0708 e. The van der Waals surface area contributed by atoms with Crippen molar-refractivity contribution in [1.29, 1.82) is 0 Å².